The smallest absolute Gasteiger partial charge is 0.194 e. The standard InChI is InChI=1S/C14H12N.C2H6/c1-15-13-8-4-2-6-11(13)10-12-7-3-5-9-14(12)15;1-2/h2-10H,1H3;1-2H3/q+1;. The highest BCUT2D eigenvalue weighted by molar-refractivity contribution is 5.88. The van der Waals surface area contributed by atoms with Gasteiger partial charge in [-0.2, -0.15) is 4.57 Å². The van der Waals surface area contributed by atoms with Gasteiger partial charge in [0.1, 0.15) is 7.05 Å². The number of pyridine rings is 1. The molecule has 17 heavy (non-hydrogen) atoms. The van der Waals surface area contributed by atoms with Crippen LogP contribution < -0.4 is 4.57 Å². The topological polar surface area (TPSA) is 3.88 Å². The van der Waals surface area contributed by atoms with Gasteiger partial charge in [-0.3, -0.25) is 0 Å². The number of hydrogen-bond donors (Lipinski definition) is 0. The summed E-state index contributed by atoms with van der Waals surface area (Å²) in [5.74, 6) is 0. The summed E-state index contributed by atoms with van der Waals surface area (Å²) >= 11 is 0. The zero-order valence-electron chi connectivity index (χ0n) is 10.6. The Morgan fingerprint density at radius 1 is 0.706 bits per heavy atom. The van der Waals surface area contributed by atoms with Gasteiger partial charge in [0.05, 0.1) is 0 Å². The molecule has 0 radical (unpaired) electrons. The van der Waals surface area contributed by atoms with Crippen LogP contribution in [0.1, 0.15) is 13.8 Å². The van der Waals surface area contributed by atoms with Crippen molar-refractivity contribution in [3.05, 3.63) is 54.6 Å². The van der Waals surface area contributed by atoms with E-state index < -0.39 is 0 Å². The van der Waals surface area contributed by atoms with Crippen LogP contribution in [0.15, 0.2) is 54.6 Å². The highest BCUT2D eigenvalue weighted by Crippen LogP contribution is 2.16. The SMILES string of the molecule is CC.C[n+]1c2ccccc2cc2ccccc21. The second-order valence-corrected chi connectivity index (χ2v) is 3.82. The van der Waals surface area contributed by atoms with Gasteiger partial charge in [-0.1, -0.05) is 38.1 Å². The van der Waals surface area contributed by atoms with Crippen molar-refractivity contribution < 1.29 is 4.57 Å². The van der Waals surface area contributed by atoms with Crippen molar-refractivity contribution >= 4 is 21.8 Å². The van der Waals surface area contributed by atoms with Gasteiger partial charge in [0.15, 0.2) is 0 Å². The van der Waals surface area contributed by atoms with E-state index in [2.05, 4.69) is 66.2 Å². The van der Waals surface area contributed by atoms with E-state index in [4.69, 9.17) is 0 Å². The van der Waals surface area contributed by atoms with E-state index in [1.165, 1.54) is 21.8 Å². The average Bonchev–Trinajstić information content (AvgIpc) is 2.41. The Morgan fingerprint density at radius 2 is 1.12 bits per heavy atom. The fraction of sp³-hybridized carbons (Fsp3) is 0.188. The third-order valence-electron chi connectivity index (χ3n) is 2.91. The number of rotatable bonds is 0. The highest BCUT2D eigenvalue weighted by Gasteiger charge is 2.08. The molecule has 3 rings (SSSR count). The lowest BCUT2D eigenvalue weighted by Gasteiger charge is -2.00. The van der Waals surface area contributed by atoms with Gasteiger partial charge in [-0.15, -0.1) is 0 Å². The molecule has 3 aromatic rings. The van der Waals surface area contributed by atoms with Crippen molar-refractivity contribution in [2.24, 2.45) is 7.05 Å². The van der Waals surface area contributed by atoms with E-state index in [0.717, 1.165) is 0 Å². The summed E-state index contributed by atoms with van der Waals surface area (Å²) in [6.45, 7) is 4.00. The van der Waals surface area contributed by atoms with Crippen molar-refractivity contribution in [1.82, 2.24) is 0 Å². The number of benzene rings is 2. The van der Waals surface area contributed by atoms with Crippen LogP contribution in [-0.4, -0.2) is 0 Å². The monoisotopic (exact) mass is 224 g/mol. The minimum absolute atomic E-state index is 1.27. The Labute approximate surface area is 102 Å². The molecule has 0 unspecified atom stereocenters. The Balaban J connectivity index is 0.000000514. The summed E-state index contributed by atoms with van der Waals surface area (Å²) in [6.07, 6.45) is 0. The molecule has 1 heteroatoms. The summed E-state index contributed by atoms with van der Waals surface area (Å²) in [7, 11) is 2.12. The van der Waals surface area contributed by atoms with Crippen LogP contribution in [0.5, 0.6) is 0 Å². The molecule has 0 atom stereocenters. The molecule has 0 aliphatic rings. The maximum Gasteiger partial charge on any atom is 0.212 e. The predicted octanol–water partition coefficient (Wildman–Crippen LogP) is 3.84. The zero-order chi connectivity index (χ0) is 12.3. The number of hydrogen-bond acceptors (Lipinski definition) is 0. The first-order valence-electron chi connectivity index (χ1n) is 6.13. The zero-order valence-corrected chi connectivity index (χ0v) is 10.6. The molecule has 0 aliphatic carbocycles. The van der Waals surface area contributed by atoms with Gasteiger partial charge < -0.3 is 0 Å². The van der Waals surface area contributed by atoms with Crippen LogP contribution in [0.2, 0.25) is 0 Å². The van der Waals surface area contributed by atoms with Crippen molar-refractivity contribution in [1.29, 1.82) is 0 Å². The number of aryl methyl sites for hydroxylation is 1. The molecule has 1 heterocycles. The van der Waals surface area contributed by atoms with Gasteiger partial charge in [-0.25, -0.2) is 0 Å². The molecule has 0 fully saturated rings. The number of fused-ring (bicyclic) bond motifs is 2. The van der Waals surface area contributed by atoms with E-state index >= 15 is 0 Å². The van der Waals surface area contributed by atoms with Crippen LogP contribution >= 0.6 is 0 Å². The molecule has 2 aromatic carbocycles. The minimum atomic E-state index is 1.27. The van der Waals surface area contributed by atoms with E-state index in [-0.39, 0.29) is 0 Å². The van der Waals surface area contributed by atoms with E-state index in [1.54, 1.807) is 0 Å². The Morgan fingerprint density at radius 3 is 1.59 bits per heavy atom. The number of para-hydroxylation sites is 2. The van der Waals surface area contributed by atoms with Gasteiger partial charge in [0.2, 0.25) is 11.0 Å². The molecule has 0 saturated heterocycles. The lowest BCUT2D eigenvalue weighted by atomic mass is 10.1. The molecular formula is C16H18N+. The lowest BCUT2D eigenvalue weighted by molar-refractivity contribution is -0.617. The average molecular weight is 224 g/mol. The molecule has 0 spiro atoms. The first-order chi connectivity index (χ1) is 8.36. The molecule has 86 valence electrons. The van der Waals surface area contributed by atoms with Crippen LogP contribution in [-0.2, 0) is 7.05 Å². The molecule has 0 bridgehead atoms. The van der Waals surface area contributed by atoms with E-state index in [1.807, 2.05) is 13.8 Å². The van der Waals surface area contributed by atoms with Crippen molar-refractivity contribution in [3.8, 4) is 0 Å². The Hall–Kier alpha value is -1.89. The Kier molecular flexibility index (Phi) is 3.38. The maximum absolute atomic E-state index is 2.24. The minimum Gasteiger partial charge on any atom is -0.194 e. The summed E-state index contributed by atoms with van der Waals surface area (Å²) in [5.41, 5.74) is 2.55. The third kappa shape index (κ3) is 2.01. The summed E-state index contributed by atoms with van der Waals surface area (Å²) < 4.78 is 2.24. The highest BCUT2D eigenvalue weighted by atomic mass is 14.9. The van der Waals surface area contributed by atoms with Crippen LogP contribution in [0.3, 0.4) is 0 Å². The van der Waals surface area contributed by atoms with Gasteiger partial charge in [0.25, 0.3) is 0 Å². The quantitative estimate of drug-likeness (QED) is 0.403. The lowest BCUT2D eigenvalue weighted by Crippen LogP contribution is -2.29. The van der Waals surface area contributed by atoms with Crippen molar-refractivity contribution in [3.63, 3.8) is 0 Å². The van der Waals surface area contributed by atoms with E-state index in [9.17, 15) is 0 Å². The van der Waals surface area contributed by atoms with Crippen LogP contribution in [0.4, 0.5) is 0 Å². The number of aromatic nitrogens is 1. The molecule has 1 aromatic heterocycles. The molecule has 0 saturated carbocycles. The Bertz CT molecular complexity index is 587. The molecular weight excluding hydrogens is 206 g/mol. The fourth-order valence-electron chi connectivity index (χ4n) is 2.13. The first kappa shape index (κ1) is 11.6. The van der Waals surface area contributed by atoms with Crippen LogP contribution in [0, 0.1) is 0 Å². The summed E-state index contributed by atoms with van der Waals surface area (Å²) in [4.78, 5) is 0. The second-order valence-electron chi connectivity index (χ2n) is 3.82. The summed E-state index contributed by atoms with van der Waals surface area (Å²) in [6, 6.07) is 19.2. The third-order valence-corrected chi connectivity index (χ3v) is 2.91. The van der Waals surface area contributed by atoms with Gasteiger partial charge >= 0.3 is 0 Å². The van der Waals surface area contributed by atoms with Crippen molar-refractivity contribution in [2.75, 3.05) is 0 Å². The second kappa shape index (κ2) is 4.96. The molecule has 0 N–H and O–H groups in total. The maximum atomic E-state index is 2.24. The van der Waals surface area contributed by atoms with Crippen molar-refractivity contribution in [2.45, 2.75) is 13.8 Å². The largest absolute Gasteiger partial charge is 0.212 e. The van der Waals surface area contributed by atoms with Gasteiger partial charge in [0, 0.05) is 22.9 Å². The first-order valence-corrected chi connectivity index (χ1v) is 6.13. The normalized spacial score (nSPS) is 10.1. The molecule has 0 amide bonds. The molecule has 1 nitrogen and oxygen atoms in total. The van der Waals surface area contributed by atoms with E-state index in [0.29, 0.717) is 0 Å². The molecule has 0 aliphatic heterocycles. The fourth-order valence-corrected chi connectivity index (χ4v) is 2.13. The van der Waals surface area contributed by atoms with Crippen LogP contribution in [0.25, 0.3) is 21.8 Å². The number of nitrogens with zero attached hydrogens (tertiary/aromatic N) is 1. The van der Waals surface area contributed by atoms with Gasteiger partial charge in [-0.05, 0) is 18.2 Å². The predicted molar refractivity (Wildman–Crippen MR) is 74.0 cm³/mol. The summed E-state index contributed by atoms with van der Waals surface area (Å²) in [5, 5.41) is 2.58.